The second kappa shape index (κ2) is 5.86. The fourth-order valence-electron chi connectivity index (χ4n) is 2.63. The van der Waals surface area contributed by atoms with E-state index in [9.17, 15) is 4.79 Å². The number of hydrogen-bond acceptors (Lipinski definition) is 5. The monoisotopic (exact) mass is 321 g/mol. The highest BCUT2D eigenvalue weighted by Crippen LogP contribution is 2.17. The average Bonchev–Trinajstić information content (AvgIpc) is 3.06. The number of hydrogen-bond donors (Lipinski definition) is 0. The number of benzene rings is 1. The van der Waals surface area contributed by atoms with E-state index in [1.807, 2.05) is 36.4 Å². The smallest absolute Gasteiger partial charge is 0.261 e. The number of methoxy groups -OCH3 is 1. The van der Waals surface area contributed by atoms with Gasteiger partial charge in [-0.2, -0.15) is 9.50 Å². The number of nitrogens with zero attached hydrogens (tertiary/aromatic N) is 5. The lowest BCUT2D eigenvalue weighted by Gasteiger charge is -2.06. The Morgan fingerprint density at radius 3 is 2.79 bits per heavy atom. The maximum atomic E-state index is 12.6. The van der Waals surface area contributed by atoms with Gasteiger partial charge in [0.05, 0.1) is 17.5 Å². The molecule has 0 spiro atoms. The van der Waals surface area contributed by atoms with Crippen LogP contribution in [0.1, 0.15) is 0 Å². The molecule has 0 saturated heterocycles. The maximum absolute atomic E-state index is 12.6. The zero-order valence-electron chi connectivity index (χ0n) is 13.1. The first kappa shape index (κ1) is 14.5. The van der Waals surface area contributed by atoms with Crippen LogP contribution in [0.2, 0.25) is 0 Å². The van der Waals surface area contributed by atoms with Crippen molar-refractivity contribution < 1.29 is 4.74 Å². The number of fused-ring (bicyclic) bond motifs is 3. The summed E-state index contributed by atoms with van der Waals surface area (Å²) in [6.07, 6.45) is 3.30. The van der Waals surface area contributed by atoms with Crippen LogP contribution >= 0.6 is 0 Å². The highest BCUT2D eigenvalue weighted by Gasteiger charge is 2.12. The summed E-state index contributed by atoms with van der Waals surface area (Å²) in [5.41, 5.74) is 1.48. The molecule has 0 aliphatic heterocycles. The Morgan fingerprint density at radius 2 is 2.00 bits per heavy atom. The number of pyridine rings is 1. The van der Waals surface area contributed by atoms with Crippen molar-refractivity contribution in [3.8, 4) is 11.4 Å². The van der Waals surface area contributed by atoms with Crippen molar-refractivity contribution >= 4 is 16.7 Å². The van der Waals surface area contributed by atoms with Crippen LogP contribution in [0.4, 0.5) is 0 Å². The minimum absolute atomic E-state index is 0.115. The van der Waals surface area contributed by atoms with Crippen molar-refractivity contribution in [1.82, 2.24) is 24.1 Å². The van der Waals surface area contributed by atoms with Crippen LogP contribution in [0.25, 0.3) is 28.1 Å². The molecule has 0 fully saturated rings. The zero-order valence-corrected chi connectivity index (χ0v) is 13.1. The van der Waals surface area contributed by atoms with Crippen LogP contribution in [0.15, 0.2) is 53.6 Å². The van der Waals surface area contributed by atoms with Crippen molar-refractivity contribution in [2.24, 2.45) is 0 Å². The lowest BCUT2D eigenvalue weighted by molar-refractivity contribution is 0.186. The predicted molar refractivity (Wildman–Crippen MR) is 89.9 cm³/mol. The molecule has 3 aromatic heterocycles. The topological polar surface area (TPSA) is 74.3 Å². The van der Waals surface area contributed by atoms with Crippen molar-refractivity contribution in [2.75, 3.05) is 13.7 Å². The molecular weight excluding hydrogens is 306 g/mol. The first-order valence-electron chi connectivity index (χ1n) is 7.57. The van der Waals surface area contributed by atoms with Gasteiger partial charge in [0.25, 0.3) is 11.3 Å². The molecule has 0 N–H and O–H groups in total. The van der Waals surface area contributed by atoms with Gasteiger partial charge in [-0.1, -0.05) is 30.3 Å². The molecule has 0 saturated carbocycles. The maximum Gasteiger partial charge on any atom is 0.261 e. The van der Waals surface area contributed by atoms with Gasteiger partial charge < -0.3 is 9.30 Å². The van der Waals surface area contributed by atoms with Gasteiger partial charge in [-0.3, -0.25) is 4.79 Å². The second-order valence-corrected chi connectivity index (χ2v) is 5.38. The summed E-state index contributed by atoms with van der Waals surface area (Å²) in [5, 5.41) is 5.02. The van der Waals surface area contributed by atoms with Gasteiger partial charge in [-0.05, 0) is 6.07 Å². The van der Waals surface area contributed by atoms with Gasteiger partial charge in [0, 0.05) is 31.6 Å². The molecule has 0 unspecified atom stereocenters. The molecule has 7 heteroatoms. The van der Waals surface area contributed by atoms with E-state index in [0.29, 0.717) is 35.7 Å². The molecule has 0 bridgehead atoms. The van der Waals surface area contributed by atoms with Gasteiger partial charge >= 0.3 is 0 Å². The third kappa shape index (κ3) is 2.35. The number of aromatic nitrogens is 5. The molecule has 24 heavy (non-hydrogen) atoms. The Kier molecular flexibility index (Phi) is 3.55. The Morgan fingerprint density at radius 1 is 1.17 bits per heavy atom. The fourth-order valence-corrected chi connectivity index (χ4v) is 2.63. The molecule has 3 heterocycles. The van der Waals surface area contributed by atoms with Crippen LogP contribution < -0.4 is 5.56 Å². The summed E-state index contributed by atoms with van der Waals surface area (Å²) >= 11 is 0. The molecule has 0 aliphatic carbocycles. The minimum Gasteiger partial charge on any atom is -0.383 e. The molecule has 120 valence electrons. The Hall–Kier alpha value is -3.06. The lowest BCUT2D eigenvalue weighted by atomic mass is 10.2. The summed E-state index contributed by atoms with van der Waals surface area (Å²) in [6, 6.07) is 11.5. The SMILES string of the molecule is COCCn1ccc2c(cnc3nc(-c4ccccc4)nn32)c1=O. The molecule has 0 amide bonds. The largest absolute Gasteiger partial charge is 0.383 e. The summed E-state index contributed by atoms with van der Waals surface area (Å²) in [7, 11) is 1.61. The van der Waals surface area contributed by atoms with Crippen LogP contribution in [-0.2, 0) is 11.3 Å². The molecule has 4 rings (SSSR count). The highest BCUT2D eigenvalue weighted by atomic mass is 16.5. The zero-order chi connectivity index (χ0) is 16.5. The Balaban J connectivity index is 1.90. The number of ether oxygens (including phenoxy) is 1. The highest BCUT2D eigenvalue weighted by molar-refractivity contribution is 5.79. The van der Waals surface area contributed by atoms with Crippen molar-refractivity contribution in [3.63, 3.8) is 0 Å². The molecule has 1 aromatic carbocycles. The van der Waals surface area contributed by atoms with Crippen LogP contribution in [-0.4, -0.2) is 37.9 Å². The van der Waals surface area contributed by atoms with E-state index in [1.165, 1.54) is 0 Å². The van der Waals surface area contributed by atoms with E-state index in [-0.39, 0.29) is 5.56 Å². The van der Waals surface area contributed by atoms with Crippen LogP contribution in [0.5, 0.6) is 0 Å². The lowest BCUT2D eigenvalue weighted by Crippen LogP contribution is -2.22. The van der Waals surface area contributed by atoms with Crippen molar-refractivity contribution in [1.29, 1.82) is 0 Å². The quantitative estimate of drug-likeness (QED) is 0.572. The second-order valence-electron chi connectivity index (χ2n) is 5.38. The third-order valence-corrected chi connectivity index (χ3v) is 3.88. The summed E-state index contributed by atoms with van der Waals surface area (Å²) in [4.78, 5) is 21.3. The van der Waals surface area contributed by atoms with E-state index < -0.39 is 0 Å². The summed E-state index contributed by atoms with van der Waals surface area (Å²) in [5.74, 6) is 1.05. The van der Waals surface area contributed by atoms with Crippen molar-refractivity contribution in [3.05, 3.63) is 59.1 Å². The Labute approximate surface area is 137 Å². The standard InChI is InChI=1S/C17H15N5O2/c1-24-10-9-21-8-7-14-13(16(21)23)11-18-17-19-15(20-22(14)17)12-5-3-2-4-6-12/h2-8,11H,9-10H2,1H3. The summed E-state index contributed by atoms with van der Waals surface area (Å²) in [6.45, 7) is 0.971. The molecular formula is C17H15N5O2. The van der Waals surface area contributed by atoms with E-state index >= 15 is 0 Å². The fraction of sp³-hybridized carbons (Fsp3) is 0.176. The van der Waals surface area contributed by atoms with Gasteiger partial charge in [0.15, 0.2) is 5.82 Å². The number of rotatable bonds is 4. The van der Waals surface area contributed by atoms with Crippen LogP contribution in [0, 0.1) is 0 Å². The van der Waals surface area contributed by atoms with E-state index in [0.717, 1.165) is 5.56 Å². The van der Waals surface area contributed by atoms with Gasteiger partial charge in [-0.15, -0.1) is 5.10 Å². The van der Waals surface area contributed by atoms with E-state index in [4.69, 9.17) is 4.74 Å². The average molecular weight is 321 g/mol. The summed E-state index contributed by atoms with van der Waals surface area (Å²) < 4.78 is 8.25. The first-order valence-corrected chi connectivity index (χ1v) is 7.57. The Bertz CT molecular complexity index is 1070. The molecule has 7 nitrogen and oxygen atoms in total. The van der Waals surface area contributed by atoms with E-state index in [2.05, 4.69) is 15.1 Å². The third-order valence-electron chi connectivity index (χ3n) is 3.88. The first-order chi connectivity index (χ1) is 11.8. The molecule has 0 atom stereocenters. The molecule has 4 aromatic rings. The normalized spacial score (nSPS) is 11.4. The molecule has 0 aliphatic rings. The van der Waals surface area contributed by atoms with E-state index in [1.54, 1.807) is 28.6 Å². The van der Waals surface area contributed by atoms with Crippen LogP contribution in [0.3, 0.4) is 0 Å². The minimum atomic E-state index is -0.115. The van der Waals surface area contributed by atoms with Crippen molar-refractivity contribution in [2.45, 2.75) is 6.54 Å². The van der Waals surface area contributed by atoms with Gasteiger partial charge in [-0.25, -0.2) is 4.98 Å². The van der Waals surface area contributed by atoms with Gasteiger partial charge in [0.2, 0.25) is 0 Å². The van der Waals surface area contributed by atoms with Gasteiger partial charge in [0.1, 0.15) is 0 Å². The molecule has 0 radical (unpaired) electrons. The predicted octanol–water partition coefficient (Wildman–Crippen LogP) is 1.75.